The molecule has 0 N–H and O–H groups in total. The molecule has 0 spiro atoms. The molecule has 1 rings (SSSR count). The molecule has 0 aliphatic carbocycles. The van der Waals surface area contributed by atoms with E-state index in [1.807, 2.05) is 6.92 Å². The lowest BCUT2D eigenvalue weighted by atomic mass is 10.1. The van der Waals surface area contributed by atoms with E-state index in [2.05, 4.69) is 41.5 Å². The van der Waals surface area contributed by atoms with Crippen molar-refractivity contribution in [1.29, 1.82) is 0 Å². The smallest absolute Gasteiger partial charge is 0.349 e. The van der Waals surface area contributed by atoms with Crippen molar-refractivity contribution in [3.8, 4) is 0 Å². The second kappa shape index (κ2) is 4.48. The van der Waals surface area contributed by atoms with E-state index >= 15 is 0 Å². The Bertz CT molecular complexity index is 274. The fourth-order valence-electron chi connectivity index (χ4n) is 2.76. The molecule has 1 heterocycles. The molecule has 0 saturated carbocycles. The van der Waals surface area contributed by atoms with E-state index in [1.165, 1.54) is 0 Å². The number of aldehydes is 1. The van der Waals surface area contributed by atoms with Crippen LogP contribution in [0.2, 0.25) is 10.1 Å². The van der Waals surface area contributed by atoms with E-state index in [0.29, 0.717) is 6.61 Å². The topological polar surface area (TPSA) is 35.5 Å². The fraction of sp³-hybridized carbons (Fsp3) is 0.923. The van der Waals surface area contributed by atoms with Gasteiger partial charge in [-0.05, 0) is 0 Å². The second-order valence-electron chi connectivity index (χ2n) is 7.12. The van der Waals surface area contributed by atoms with Crippen molar-refractivity contribution in [2.24, 2.45) is 5.92 Å². The lowest BCUT2D eigenvalue weighted by molar-refractivity contribution is -0.121. The molecule has 17 heavy (non-hydrogen) atoms. The average molecular weight is 258 g/mol. The van der Waals surface area contributed by atoms with E-state index in [-0.39, 0.29) is 22.1 Å². The third-order valence-electron chi connectivity index (χ3n) is 3.52. The summed E-state index contributed by atoms with van der Waals surface area (Å²) in [6.45, 7) is 15.6. The van der Waals surface area contributed by atoms with Crippen LogP contribution in [0.4, 0.5) is 0 Å². The number of carbonyl (C=O) groups excluding carboxylic acids is 1. The van der Waals surface area contributed by atoms with Gasteiger partial charge < -0.3 is 13.6 Å². The molecule has 1 saturated heterocycles. The maximum Gasteiger partial charge on any atom is 0.349 e. The second-order valence-corrected chi connectivity index (χ2v) is 11.9. The SMILES string of the molecule is C[C@H]1CO[Si](C(C)(C)C)(C(C)(C)C)O[C@H]1C=O. The Hall–Kier alpha value is -0.193. The largest absolute Gasteiger partial charge is 0.393 e. The van der Waals surface area contributed by atoms with Crippen molar-refractivity contribution in [2.75, 3.05) is 6.61 Å². The molecule has 2 atom stereocenters. The normalized spacial score (nSPS) is 30.1. The summed E-state index contributed by atoms with van der Waals surface area (Å²) in [5.74, 6) is 0.151. The number of hydrogen-bond acceptors (Lipinski definition) is 3. The number of carbonyl (C=O) groups is 1. The number of hydrogen-bond donors (Lipinski definition) is 0. The van der Waals surface area contributed by atoms with Gasteiger partial charge in [0.1, 0.15) is 12.4 Å². The summed E-state index contributed by atoms with van der Waals surface area (Å²) in [6, 6.07) is 0. The van der Waals surface area contributed by atoms with E-state index in [0.717, 1.165) is 6.29 Å². The van der Waals surface area contributed by atoms with Crippen LogP contribution in [0.25, 0.3) is 0 Å². The zero-order chi connectivity index (χ0) is 13.5. The summed E-state index contributed by atoms with van der Waals surface area (Å²) < 4.78 is 12.4. The van der Waals surface area contributed by atoms with E-state index in [4.69, 9.17) is 8.85 Å². The lowest BCUT2D eigenvalue weighted by Gasteiger charge is -2.53. The van der Waals surface area contributed by atoms with Crippen molar-refractivity contribution in [2.45, 2.75) is 64.6 Å². The molecule has 0 aromatic heterocycles. The van der Waals surface area contributed by atoms with Crippen molar-refractivity contribution < 1.29 is 13.6 Å². The molecule has 0 unspecified atom stereocenters. The maximum absolute atomic E-state index is 11.2. The Morgan fingerprint density at radius 1 is 1.12 bits per heavy atom. The van der Waals surface area contributed by atoms with Gasteiger partial charge in [0.05, 0.1) is 0 Å². The van der Waals surface area contributed by atoms with Crippen LogP contribution in [0.3, 0.4) is 0 Å². The van der Waals surface area contributed by atoms with E-state index in [9.17, 15) is 4.79 Å². The Kier molecular flexibility index (Phi) is 3.92. The van der Waals surface area contributed by atoms with Crippen LogP contribution in [-0.4, -0.2) is 27.6 Å². The summed E-state index contributed by atoms with van der Waals surface area (Å²) in [4.78, 5) is 11.2. The fourth-order valence-corrected chi connectivity index (χ4v) is 7.82. The minimum Gasteiger partial charge on any atom is -0.393 e. The average Bonchev–Trinajstić information content (AvgIpc) is 2.14. The molecule has 4 heteroatoms. The minimum absolute atomic E-state index is 0.0490. The lowest BCUT2D eigenvalue weighted by Crippen LogP contribution is -2.63. The van der Waals surface area contributed by atoms with Crippen molar-refractivity contribution in [1.82, 2.24) is 0 Å². The molecule has 100 valence electrons. The molecule has 3 nitrogen and oxygen atoms in total. The highest BCUT2D eigenvalue weighted by Crippen LogP contribution is 2.54. The van der Waals surface area contributed by atoms with E-state index in [1.54, 1.807) is 0 Å². The van der Waals surface area contributed by atoms with Crippen LogP contribution in [0.1, 0.15) is 48.5 Å². The standard InChI is InChI=1S/C13H26O3Si/c1-10-9-15-17(12(2,3)4,13(5,6)7)16-11(10)8-14/h8,10-11H,9H2,1-7H3/t10-,11-/m0/s1. The molecule has 0 aromatic carbocycles. The molecular formula is C13H26O3Si. The Balaban J connectivity index is 3.14. The van der Waals surface area contributed by atoms with Crippen molar-refractivity contribution in [3.63, 3.8) is 0 Å². The molecule has 1 fully saturated rings. The first-order chi connectivity index (χ1) is 7.55. The van der Waals surface area contributed by atoms with Crippen molar-refractivity contribution >= 4 is 14.8 Å². The molecule has 0 bridgehead atoms. The summed E-state index contributed by atoms with van der Waals surface area (Å²) in [5, 5.41) is -0.0979. The van der Waals surface area contributed by atoms with Crippen LogP contribution < -0.4 is 0 Å². The summed E-state index contributed by atoms with van der Waals surface area (Å²) in [5.41, 5.74) is 0. The van der Waals surface area contributed by atoms with Gasteiger partial charge in [0, 0.05) is 22.6 Å². The van der Waals surface area contributed by atoms with Gasteiger partial charge in [0.2, 0.25) is 0 Å². The zero-order valence-electron chi connectivity index (χ0n) is 12.2. The van der Waals surface area contributed by atoms with Gasteiger partial charge in [0.15, 0.2) is 0 Å². The van der Waals surface area contributed by atoms with Gasteiger partial charge in [-0.3, -0.25) is 0 Å². The first-order valence-electron chi connectivity index (χ1n) is 6.32. The Morgan fingerprint density at radius 3 is 1.94 bits per heavy atom. The molecule has 1 aliphatic rings. The molecule has 0 aromatic rings. The summed E-state index contributed by atoms with van der Waals surface area (Å²) in [7, 11) is -2.44. The van der Waals surface area contributed by atoms with Crippen LogP contribution in [-0.2, 0) is 13.6 Å². The van der Waals surface area contributed by atoms with Crippen molar-refractivity contribution in [3.05, 3.63) is 0 Å². The van der Waals surface area contributed by atoms with Gasteiger partial charge >= 0.3 is 8.56 Å². The summed E-state index contributed by atoms with van der Waals surface area (Å²) >= 11 is 0. The van der Waals surface area contributed by atoms with Gasteiger partial charge in [-0.1, -0.05) is 48.5 Å². The monoisotopic (exact) mass is 258 g/mol. The van der Waals surface area contributed by atoms with Gasteiger partial charge in [0.25, 0.3) is 0 Å². The van der Waals surface area contributed by atoms with Gasteiger partial charge in [-0.15, -0.1) is 0 Å². The molecule has 1 aliphatic heterocycles. The summed E-state index contributed by atoms with van der Waals surface area (Å²) in [6.07, 6.45) is 0.626. The molecular weight excluding hydrogens is 232 g/mol. The Morgan fingerprint density at radius 2 is 1.59 bits per heavy atom. The molecule has 0 amide bonds. The molecule has 0 radical (unpaired) electrons. The third kappa shape index (κ3) is 2.49. The Labute approximate surface area is 106 Å². The van der Waals surface area contributed by atoms with Gasteiger partial charge in [-0.2, -0.15) is 0 Å². The quantitative estimate of drug-likeness (QED) is 0.535. The maximum atomic E-state index is 11.2. The van der Waals surface area contributed by atoms with Crippen LogP contribution in [0, 0.1) is 5.92 Å². The number of rotatable bonds is 1. The highest BCUT2D eigenvalue weighted by atomic mass is 28.4. The predicted octanol–water partition coefficient (Wildman–Crippen LogP) is 3.28. The van der Waals surface area contributed by atoms with Crippen LogP contribution in [0.15, 0.2) is 0 Å². The highest BCUT2D eigenvalue weighted by molar-refractivity contribution is 6.73. The highest BCUT2D eigenvalue weighted by Gasteiger charge is 2.61. The first kappa shape index (κ1) is 14.9. The first-order valence-corrected chi connectivity index (χ1v) is 8.14. The zero-order valence-corrected chi connectivity index (χ0v) is 13.2. The van der Waals surface area contributed by atoms with Crippen LogP contribution >= 0.6 is 0 Å². The van der Waals surface area contributed by atoms with Crippen LogP contribution in [0.5, 0.6) is 0 Å². The van der Waals surface area contributed by atoms with Gasteiger partial charge in [-0.25, -0.2) is 0 Å². The predicted molar refractivity (Wildman–Crippen MR) is 71.2 cm³/mol. The van der Waals surface area contributed by atoms with E-state index < -0.39 is 8.56 Å². The third-order valence-corrected chi connectivity index (χ3v) is 8.65. The minimum atomic E-state index is -2.44.